The molecule has 0 aromatic heterocycles. The summed E-state index contributed by atoms with van der Waals surface area (Å²) in [6.07, 6.45) is 4.06. The number of nitrogens with one attached hydrogen (secondary N) is 2. The van der Waals surface area contributed by atoms with Crippen LogP contribution in [-0.4, -0.2) is 53.2 Å². The van der Waals surface area contributed by atoms with Crippen molar-refractivity contribution >= 4 is 12.0 Å². The van der Waals surface area contributed by atoms with Gasteiger partial charge in [0.25, 0.3) is 0 Å². The Morgan fingerprint density at radius 1 is 1.08 bits per heavy atom. The molecule has 3 N–H and O–H groups in total. The van der Waals surface area contributed by atoms with Gasteiger partial charge >= 0.3 is 12.0 Å². The predicted molar refractivity (Wildman–Crippen MR) is 98.5 cm³/mol. The van der Waals surface area contributed by atoms with Crippen LogP contribution >= 0.6 is 0 Å². The Balaban J connectivity index is 1.74. The second-order valence-electron chi connectivity index (χ2n) is 8.88. The van der Waals surface area contributed by atoms with Crippen molar-refractivity contribution in [3.8, 4) is 0 Å². The number of piperidine rings is 1. The first-order valence-electron chi connectivity index (χ1n) is 9.69. The third kappa shape index (κ3) is 5.87. The van der Waals surface area contributed by atoms with Crippen LogP contribution in [-0.2, 0) is 4.79 Å². The van der Waals surface area contributed by atoms with Crippen molar-refractivity contribution < 1.29 is 14.7 Å². The Morgan fingerprint density at radius 3 is 2.16 bits per heavy atom. The summed E-state index contributed by atoms with van der Waals surface area (Å²) in [6, 6.07) is -0.0429. The van der Waals surface area contributed by atoms with Gasteiger partial charge in [-0.25, -0.2) is 4.79 Å². The maximum absolute atomic E-state index is 12.2. The highest BCUT2D eigenvalue weighted by molar-refractivity contribution is 5.74. The lowest BCUT2D eigenvalue weighted by atomic mass is 9.86. The van der Waals surface area contributed by atoms with Gasteiger partial charge in [0.05, 0.1) is 5.92 Å². The standard InChI is InChI=1S/C19H35N3O3/c1-13-9-14(2)11-22(10-13)19(3,4)12-20-18(25)21-16-7-5-15(6-8-16)17(23)24/h13-16H,5-12H2,1-4H3,(H,23,24)(H2,20,21,25). The molecule has 1 heterocycles. The van der Waals surface area contributed by atoms with E-state index in [2.05, 4.69) is 43.2 Å². The van der Waals surface area contributed by atoms with Gasteiger partial charge in [0, 0.05) is 31.2 Å². The number of amides is 2. The smallest absolute Gasteiger partial charge is 0.315 e. The van der Waals surface area contributed by atoms with E-state index in [1.807, 2.05) is 0 Å². The van der Waals surface area contributed by atoms with E-state index in [0.717, 1.165) is 25.9 Å². The molecule has 2 atom stereocenters. The summed E-state index contributed by atoms with van der Waals surface area (Å²) in [7, 11) is 0. The van der Waals surface area contributed by atoms with Crippen LogP contribution in [0.15, 0.2) is 0 Å². The highest BCUT2D eigenvalue weighted by Gasteiger charge is 2.33. The van der Waals surface area contributed by atoms with Crippen LogP contribution in [0, 0.1) is 17.8 Å². The third-order valence-electron chi connectivity index (χ3n) is 5.82. The molecule has 2 rings (SSSR count). The van der Waals surface area contributed by atoms with Gasteiger partial charge in [-0.05, 0) is 57.8 Å². The van der Waals surface area contributed by atoms with Crippen molar-refractivity contribution in [2.45, 2.75) is 71.4 Å². The highest BCUT2D eigenvalue weighted by atomic mass is 16.4. The molecule has 144 valence electrons. The van der Waals surface area contributed by atoms with Crippen LogP contribution in [0.4, 0.5) is 4.79 Å². The molecule has 2 aliphatic rings. The summed E-state index contributed by atoms with van der Waals surface area (Å²) in [5, 5.41) is 15.1. The Hall–Kier alpha value is -1.30. The molecule has 25 heavy (non-hydrogen) atoms. The number of carbonyl (C=O) groups excluding carboxylic acids is 1. The van der Waals surface area contributed by atoms with Crippen LogP contribution in [0.5, 0.6) is 0 Å². The van der Waals surface area contributed by atoms with E-state index in [4.69, 9.17) is 5.11 Å². The molecule has 1 saturated heterocycles. The maximum atomic E-state index is 12.2. The number of carboxylic acids is 1. The summed E-state index contributed by atoms with van der Waals surface area (Å²) in [5.74, 6) is 0.431. The van der Waals surface area contributed by atoms with Gasteiger partial charge in [0.1, 0.15) is 0 Å². The Kier molecular flexibility index (Phi) is 6.72. The van der Waals surface area contributed by atoms with Gasteiger partial charge in [0.15, 0.2) is 0 Å². The summed E-state index contributed by atoms with van der Waals surface area (Å²) in [4.78, 5) is 25.7. The molecular formula is C19H35N3O3. The van der Waals surface area contributed by atoms with Gasteiger partial charge in [-0.1, -0.05) is 13.8 Å². The van der Waals surface area contributed by atoms with Crippen molar-refractivity contribution in [3.05, 3.63) is 0 Å². The van der Waals surface area contributed by atoms with Crippen molar-refractivity contribution in [2.75, 3.05) is 19.6 Å². The van der Waals surface area contributed by atoms with Gasteiger partial charge < -0.3 is 15.7 Å². The van der Waals surface area contributed by atoms with Crippen molar-refractivity contribution in [2.24, 2.45) is 17.8 Å². The summed E-state index contributed by atoms with van der Waals surface area (Å²) in [5.41, 5.74) is -0.0682. The zero-order valence-electron chi connectivity index (χ0n) is 16.2. The topological polar surface area (TPSA) is 81.7 Å². The number of rotatable bonds is 5. The van der Waals surface area contributed by atoms with E-state index in [1.54, 1.807) is 0 Å². The van der Waals surface area contributed by atoms with E-state index >= 15 is 0 Å². The minimum atomic E-state index is -0.713. The number of likely N-dealkylation sites (tertiary alicyclic amines) is 1. The fourth-order valence-corrected chi connectivity index (χ4v) is 4.29. The fraction of sp³-hybridized carbons (Fsp3) is 0.895. The van der Waals surface area contributed by atoms with Crippen LogP contribution < -0.4 is 10.6 Å². The van der Waals surface area contributed by atoms with Crippen molar-refractivity contribution in [3.63, 3.8) is 0 Å². The Labute approximate surface area is 151 Å². The molecule has 1 saturated carbocycles. The minimum absolute atomic E-state index is 0.0682. The number of carboxylic acid groups (broad SMARTS) is 1. The van der Waals surface area contributed by atoms with Gasteiger partial charge in [-0.15, -0.1) is 0 Å². The highest BCUT2D eigenvalue weighted by Crippen LogP contribution is 2.27. The second kappa shape index (κ2) is 8.39. The molecule has 2 unspecified atom stereocenters. The molecule has 6 nitrogen and oxygen atoms in total. The largest absolute Gasteiger partial charge is 0.481 e. The molecule has 0 bridgehead atoms. The lowest BCUT2D eigenvalue weighted by Crippen LogP contribution is -2.57. The summed E-state index contributed by atoms with van der Waals surface area (Å²) >= 11 is 0. The molecule has 0 radical (unpaired) electrons. The number of urea groups is 1. The molecule has 2 fully saturated rings. The average molecular weight is 354 g/mol. The minimum Gasteiger partial charge on any atom is -0.481 e. The molecule has 0 spiro atoms. The van der Waals surface area contributed by atoms with Gasteiger partial charge in [0.2, 0.25) is 0 Å². The molecule has 2 amide bonds. The quantitative estimate of drug-likeness (QED) is 0.710. The number of hydrogen-bond acceptors (Lipinski definition) is 3. The zero-order chi connectivity index (χ0) is 18.6. The molecular weight excluding hydrogens is 318 g/mol. The third-order valence-corrected chi connectivity index (χ3v) is 5.82. The normalized spacial score (nSPS) is 31.4. The lowest BCUT2D eigenvalue weighted by molar-refractivity contribution is -0.142. The first-order chi connectivity index (χ1) is 11.7. The van der Waals surface area contributed by atoms with E-state index in [-0.39, 0.29) is 23.5 Å². The van der Waals surface area contributed by atoms with E-state index in [1.165, 1.54) is 6.42 Å². The second-order valence-corrected chi connectivity index (χ2v) is 8.88. The predicted octanol–water partition coefficient (Wildman–Crippen LogP) is 2.69. The molecule has 1 aliphatic heterocycles. The van der Waals surface area contributed by atoms with Crippen molar-refractivity contribution in [1.29, 1.82) is 0 Å². The van der Waals surface area contributed by atoms with Crippen LogP contribution in [0.2, 0.25) is 0 Å². The summed E-state index contributed by atoms with van der Waals surface area (Å²) < 4.78 is 0. The lowest BCUT2D eigenvalue weighted by Gasteiger charge is -2.45. The van der Waals surface area contributed by atoms with Crippen LogP contribution in [0.25, 0.3) is 0 Å². The van der Waals surface area contributed by atoms with Gasteiger partial charge in [-0.2, -0.15) is 0 Å². The number of carbonyl (C=O) groups is 2. The monoisotopic (exact) mass is 353 g/mol. The van der Waals surface area contributed by atoms with Crippen molar-refractivity contribution in [1.82, 2.24) is 15.5 Å². The molecule has 0 aromatic carbocycles. The van der Waals surface area contributed by atoms with E-state index in [9.17, 15) is 9.59 Å². The molecule has 6 heteroatoms. The van der Waals surface area contributed by atoms with Gasteiger partial charge in [-0.3, -0.25) is 9.69 Å². The van der Waals surface area contributed by atoms with Crippen LogP contribution in [0.3, 0.4) is 0 Å². The first-order valence-corrected chi connectivity index (χ1v) is 9.69. The van der Waals surface area contributed by atoms with E-state index < -0.39 is 5.97 Å². The molecule has 0 aromatic rings. The first kappa shape index (κ1) is 20.0. The SMILES string of the molecule is CC1CC(C)CN(C(C)(C)CNC(=O)NC2CCC(C(=O)O)CC2)C1. The number of hydrogen-bond donors (Lipinski definition) is 3. The Morgan fingerprint density at radius 2 is 1.64 bits per heavy atom. The van der Waals surface area contributed by atoms with Crippen LogP contribution in [0.1, 0.15) is 59.8 Å². The van der Waals surface area contributed by atoms with E-state index in [0.29, 0.717) is 31.2 Å². The maximum Gasteiger partial charge on any atom is 0.315 e. The number of aliphatic carboxylic acids is 1. The Bertz CT molecular complexity index is 463. The molecule has 1 aliphatic carbocycles. The summed E-state index contributed by atoms with van der Waals surface area (Å²) in [6.45, 7) is 11.8. The fourth-order valence-electron chi connectivity index (χ4n) is 4.29. The number of nitrogens with zero attached hydrogens (tertiary/aromatic N) is 1. The average Bonchev–Trinajstić information content (AvgIpc) is 2.52. The zero-order valence-corrected chi connectivity index (χ0v) is 16.2.